The largest absolute Gasteiger partial charge is 0.480 e. The molecule has 8 heteroatoms. The highest BCUT2D eigenvalue weighted by Crippen LogP contribution is 2.22. The zero-order valence-corrected chi connectivity index (χ0v) is 14.9. The van der Waals surface area contributed by atoms with Gasteiger partial charge in [0.2, 0.25) is 0 Å². The molecule has 0 saturated heterocycles. The maximum atomic E-state index is 12.4. The molecule has 0 spiro atoms. The monoisotopic (exact) mass is 355 g/mol. The van der Waals surface area contributed by atoms with E-state index in [1.807, 2.05) is 20.8 Å². The van der Waals surface area contributed by atoms with Crippen LogP contribution < -0.4 is 10.6 Å². The standard InChI is InChI=1S/C16H22ClN3O4/c1-5-20(9-13(21)22)14(23)11-8-10(6-7-12(11)17)18-15(24)19-16(2,3)4/h6-8H,5,9H2,1-4H3,(H,21,22)(H2,18,19,24). The van der Waals surface area contributed by atoms with Gasteiger partial charge in [-0.05, 0) is 45.9 Å². The summed E-state index contributed by atoms with van der Waals surface area (Å²) in [7, 11) is 0. The van der Waals surface area contributed by atoms with Crippen LogP contribution in [0.5, 0.6) is 0 Å². The summed E-state index contributed by atoms with van der Waals surface area (Å²) >= 11 is 6.05. The summed E-state index contributed by atoms with van der Waals surface area (Å²) in [6.45, 7) is 7.00. The molecule has 1 aromatic carbocycles. The van der Waals surface area contributed by atoms with Gasteiger partial charge in [-0.25, -0.2) is 4.79 Å². The number of rotatable bonds is 5. The normalized spacial score (nSPS) is 10.9. The first-order chi connectivity index (χ1) is 11.0. The van der Waals surface area contributed by atoms with Gasteiger partial charge in [-0.3, -0.25) is 9.59 Å². The van der Waals surface area contributed by atoms with Gasteiger partial charge in [0.25, 0.3) is 5.91 Å². The van der Waals surface area contributed by atoms with Crippen molar-refractivity contribution in [2.45, 2.75) is 33.2 Å². The molecule has 3 N–H and O–H groups in total. The number of carboxylic acids is 1. The molecule has 24 heavy (non-hydrogen) atoms. The van der Waals surface area contributed by atoms with Gasteiger partial charge in [0, 0.05) is 17.8 Å². The van der Waals surface area contributed by atoms with E-state index in [2.05, 4.69) is 10.6 Å². The van der Waals surface area contributed by atoms with Crippen LogP contribution >= 0.6 is 11.6 Å². The third-order valence-corrected chi connectivity index (χ3v) is 3.27. The van der Waals surface area contributed by atoms with Gasteiger partial charge in [0.1, 0.15) is 6.54 Å². The van der Waals surface area contributed by atoms with E-state index in [9.17, 15) is 14.4 Å². The van der Waals surface area contributed by atoms with Crippen LogP contribution in [0.25, 0.3) is 0 Å². The van der Waals surface area contributed by atoms with Crippen molar-refractivity contribution < 1.29 is 19.5 Å². The third-order valence-electron chi connectivity index (χ3n) is 2.94. The quantitative estimate of drug-likeness (QED) is 0.756. The van der Waals surface area contributed by atoms with Crippen LogP contribution in [0, 0.1) is 0 Å². The minimum absolute atomic E-state index is 0.133. The van der Waals surface area contributed by atoms with Crippen LogP contribution in [0.15, 0.2) is 18.2 Å². The number of anilines is 1. The molecule has 0 atom stereocenters. The van der Waals surface area contributed by atoms with Crippen molar-refractivity contribution in [1.29, 1.82) is 0 Å². The molecular formula is C16H22ClN3O4. The molecule has 0 heterocycles. The molecule has 0 aliphatic rings. The van der Waals surface area contributed by atoms with Crippen molar-refractivity contribution in [2.75, 3.05) is 18.4 Å². The lowest BCUT2D eigenvalue weighted by atomic mass is 10.1. The predicted octanol–water partition coefficient (Wildman–Crippen LogP) is 2.81. The van der Waals surface area contributed by atoms with Crippen molar-refractivity contribution in [3.8, 4) is 0 Å². The molecular weight excluding hydrogens is 334 g/mol. The number of hydrogen-bond acceptors (Lipinski definition) is 3. The minimum Gasteiger partial charge on any atom is -0.480 e. The second-order valence-electron chi connectivity index (χ2n) is 6.24. The number of nitrogens with one attached hydrogen (secondary N) is 2. The Labute approximate surface area is 146 Å². The van der Waals surface area contributed by atoms with Crippen molar-refractivity contribution in [1.82, 2.24) is 10.2 Å². The summed E-state index contributed by atoms with van der Waals surface area (Å²) in [6, 6.07) is 4.06. The first-order valence-electron chi connectivity index (χ1n) is 7.43. The fourth-order valence-corrected chi connectivity index (χ4v) is 2.13. The highest BCUT2D eigenvalue weighted by molar-refractivity contribution is 6.34. The average Bonchev–Trinajstić information content (AvgIpc) is 2.43. The molecule has 0 aliphatic carbocycles. The van der Waals surface area contributed by atoms with Gasteiger partial charge < -0.3 is 20.6 Å². The van der Waals surface area contributed by atoms with E-state index in [0.717, 1.165) is 4.90 Å². The van der Waals surface area contributed by atoms with Gasteiger partial charge >= 0.3 is 12.0 Å². The maximum absolute atomic E-state index is 12.4. The highest BCUT2D eigenvalue weighted by Gasteiger charge is 2.20. The molecule has 0 fully saturated rings. The summed E-state index contributed by atoms with van der Waals surface area (Å²) in [6.07, 6.45) is 0. The number of halogens is 1. The Morgan fingerprint density at radius 3 is 2.38 bits per heavy atom. The Balaban J connectivity index is 2.99. The minimum atomic E-state index is -1.11. The first-order valence-corrected chi connectivity index (χ1v) is 7.81. The number of carbonyl (C=O) groups excluding carboxylic acids is 2. The van der Waals surface area contributed by atoms with E-state index in [4.69, 9.17) is 16.7 Å². The van der Waals surface area contributed by atoms with Crippen LogP contribution in [0.4, 0.5) is 10.5 Å². The summed E-state index contributed by atoms with van der Waals surface area (Å²) < 4.78 is 0. The molecule has 3 amide bonds. The summed E-state index contributed by atoms with van der Waals surface area (Å²) in [4.78, 5) is 36.3. The Morgan fingerprint density at radius 1 is 1.25 bits per heavy atom. The number of carbonyl (C=O) groups is 3. The van der Waals surface area contributed by atoms with Crippen LogP contribution in [-0.2, 0) is 4.79 Å². The van der Waals surface area contributed by atoms with E-state index >= 15 is 0 Å². The predicted molar refractivity (Wildman–Crippen MR) is 92.6 cm³/mol. The van der Waals surface area contributed by atoms with Crippen LogP contribution in [0.3, 0.4) is 0 Å². The molecule has 0 bridgehead atoms. The fraction of sp³-hybridized carbons (Fsp3) is 0.438. The number of carboxylic acid groups (broad SMARTS) is 1. The number of amides is 3. The van der Waals surface area contributed by atoms with Crippen molar-refractivity contribution >= 4 is 35.2 Å². The van der Waals surface area contributed by atoms with Crippen molar-refractivity contribution in [3.63, 3.8) is 0 Å². The van der Waals surface area contributed by atoms with Gasteiger partial charge in [-0.1, -0.05) is 11.6 Å². The van der Waals surface area contributed by atoms with Gasteiger partial charge in [-0.15, -0.1) is 0 Å². The average molecular weight is 356 g/mol. The lowest BCUT2D eigenvalue weighted by molar-refractivity contribution is -0.137. The molecule has 0 aromatic heterocycles. The molecule has 132 valence electrons. The second kappa shape index (κ2) is 8.01. The lowest BCUT2D eigenvalue weighted by Crippen LogP contribution is -2.43. The number of urea groups is 1. The number of nitrogens with zero attached hydrogens (tertiary/aromatic N) is 1. The fourth-order valence-electron chi connectivity index (χ4n) is 1.93. The molecule has 0 saturated carbocycles. The first kappa shape index (κ1) is 19.8. The zero-order valence-electron chi connectivity index (χ0n) is 14.1. The maximum Gasteiger partial charge on any atom is 0.323 e. The number of benzene rings is 1. The zero-order chi connectivity index (χ0) is 18.5. The van der Waals surface area contributed by atoms with E-state index in [1.54, 1.807) is 13.0 Å². The second-order valence-corrected chi connectivity index (χ2v) is 6.64. The molecule has 0 aliphatic heterocycles. The number of aliphatic carboxylic acids is 1. The Morgan fingerprint density at radius 2 is 1.88 bits per heavy atom. The van der Waals surface area contributed by atoms with E-state index in [0.29, 0.717) is 5.69 Å². The molecule has 0 radical (unpaired) electrons. The molecule has 7 nitrogen and oxygen atoms in total. The third kappa shape index (κ3) is 6.08. The molecule has 1 rings (SSSR count). The Hall–Kier alpha value is -2.28. The van der Waals surface area contributed by atoms with Crippen molar-refractivity contribution in [3.05, 3.63) is 28.8 Å². The van der Waals surface area contributed by atoms with E-state index in [-0.39, 0.29) is 17.1 Å². The Kier molecular flexibility index (Phi) is 6.60. The lowest BCUT2D eigenvalue weighted by Gasteiger charge is -2.22. The highest BCUT2D eigenvalue weighted by atomic mass is 35.5. The van der Waals surface area contributed by atoms with E-state index < -0.39 is 30.0 Å². The van der Waals surface area contributed by atoms with Crippen LogP contribution in [0.1, 0.15) is 38.1 Å². The summed E-state index contributed by atoms with van der Waals surface area (Å²) in [5.74, 6) is -1.62. The summed E-state index contributed by atoms with van der Waals surface area (Å²) in [5, 5.41) is 14.4. The van der Waals surface area contributed by atoms with Crippen LogP contribution in [-0.4, -0.2) is 46.5 Å². The van der Waals surface area contributed by atoms with E-state index in [1.165, 1.54) is 12.1 Å². The van der Waals surface area contributed by atoms with Crippen molar-refractivity contribution in [2.24, 2.45) is 0 Å². The summed E-state index contributed by atoms with van der Waals surface area (Å²) in [5.41, 5.74) is 0.111. The smallest absolute Gasteiger partial charge is 0.323 e. The van der Waals surface area contributed by atoms with Gasteiger partial charge in [0.15, 0.2) is 0 Å². The molecule has 0 unspecified atom stereocenters. The number of hydrogen-bond donors (Lipinski definition) is 3. The topological polar surface area (TPSA) is 98.7 Å². The SMILES string of the molecule is CCN(CC(=O)O)C(=O)c1cc(NC(=O)NC(C)(C)C)ccc1Cl. The van der Waals surface area contributed by atoms with Gasteiger partial charge in [0.05, 0.1) is 10.6 Å². The molecule has 1 aromatic rings. The van der Waals surface area contributed by atoms with Gasteiger partial charge in [-0.2, -0.15) is 0 Å². The Bertz CT molecular complexity index is 641. The van der Waals surface area contributed by atoms with Crippen LogP contribution in [0.2, 0.25) is 5.02 Å². The number of likely N-dealkylation sites (N-methyl/N-ethyl adjacent to an activating group) is 1.